The molecule has 0 aromatic rings. The lowest BCUT2D eigenvalue weighted by atomic mass is 9.93. The summed E-state index contributed by atoms with van der Waals surface area (Å²) in [6.45, 7) is 14.2. The standard InChI is InChI=1S/C22H40O7Si/c1-8-27-20(25)13-17(24)15-22(26)11-9-10-18(28-22)14-19(12-16(2)23)29-30(6,7)21(3,4)5/h18-19,26H,8-15H2,1-7H3/t18-,19-,22?/m0/s1. The Kier molecular flexibility index (Phi) is 9.86. The van der Waals surface area contributed by atoms with Crippen LogP contribution in [0.3, 0.4) is 0 Å². The fraction of sp³-hybridized carbons (Fsp3) is 0.864. The number of aliphatic hydroxyl groups is 1. The van der Waals surface area contributed by atoms with Crippen LogP contribution in [-0.2, 0) is 28.3 Å². The van der Waals surface area contributed by atoms with Crippen molar-refractivity contribution in [2.45, 2.75) is 116 Å². The maximum Gasteiger partial charge on any atom is 0.313 e. The molecule has 1 rings (SSSR count). The summed E-state index contributed by atoms with van der Waals surface area (Å²) in [6, 6.07) is 0. The van der Waals surface area contributed by atoms with E-state index in [1.807, 2.05) is 0 Å². The Morgan fingerprint density at radius 3 is 2.43 bits per heavy atom. The lowest BCUT2D eigenvalue weighted by molar-refractivity contribution is -0.257. The number of Topliss-reactive ketones (excluding diaryl/α,β-unsaturated/α-hetero) is 2. The van der Waals surface area contributed by atoms with Crippen LogP contribution in [0.25, 0.3) is 0 Å². The van der Waals surface area contributed by atoms with Crippen LogP contribution < -0.4 is 0 Å². The Morgan fingerprint density at radius 1 is 1.27 bits per heavy atom. The maximum absolute atomic E-state index is 12.2. The number of esters is 1. The molecular formula is C22H40O7Si. The van der Waals surface area contributed by atoms with Gasteiger partial charge in [-0.2, -0.15) is 0 Å². The predicted octanol–water partition coefficient (Wildman–Crippen LogP) is 3.92. The Labute approximate surface area is 182 Å². The summed E-state index contributed by atoms with van der Waals surface area (Å²) in [5, 5.41) is 10.8. The zero-order chi connectivity index (χ0) is 23.2. The van der Waals surface area contributed by atoms with E-state index in [1.54, 1.807) is 13.8 Å². The van der Waals surface area contributed by atoms with Gasteiger partial charge in [-0.05, 0) is 51.2 Å². The van der Waals surface area contributed by atoms with Gasteiger partial charge in [-0.15, -0.1) is 0 Å². The monoisotopic (exact) mass is 444 g/mol. The number of hydrogen-bond donors (Lipinski definition) is 1. The minimum Gasteiger partial charge on any atom is -0.466 e. The van der Waals surface area contributed by atoms with Crippen LogP contribution in [0, 0.1) is 0 Å². The van der Waals surface area contributed by atoms with Gasteiger partial charge in [0.2, 0.25) is 0 Å². The number of ether oxygens (including phenoxy) is 2. The van der Waals surface area contributed by atoms with Crippen molar-refractivity contribution >= 4 is 25.9 Å². The summed E-state index contributed by atoms with van der Waals surface area (Å²) >= 11 is 0. The van der Waals surface area contributed by atoms with E-state index >= 15 is 0 Å². The normalized spacial score (nSPS) is 23.7. The molecule has 30 heavy (non-hydrogen) atoms. The average Bonchev–Trinajstić information content (AvgIpc) is 2.51. The van der Waals surface area contributed by atoms with Crippen molar-refractivity contribution in [1.29, 1.82) is 0 Å². The van der Waals surface area contributed by atoms with E-state index in [4.69, 9.17) is 13.9 Å². The van der Waals surface area contributed by atoms with Crippen molar-refractivity contribution < 1.29 is 33.4 Å². The zero-order valence-electron chi connectivity index (χ0n) is 19.7. The van der Waals surface area contributed by atoms with E-state index in [9.17, 15) is 19.5 Å². The fourth-order valence-corrected chi connectivity index (χ4v) is 4.82. The molecule has 1 aliphatic rings. The maximum atomic E-state index is 12.2. The van der Waals surface area contributed by atoms with Gasteiger partial charge in [0.15, 0.2) is 14.1 Å². The van der Waals surface area contributed by atoms with E-state index in [2.05, 4.69) is 33.9 Å². The van der Waals surface area contributed by atoms with Crippen LogP contribution in [0.4, 0.5) is 0 Å². The quantitative estimate of drug-likeness (QED) is 0.293. The SMILES string of the molecule is CCOC(=O)CC(=O)CC1(O)CCC[C@@H](C[C@H](CC(C)=O)O[Si](C)(C)C(C)(C)C)O1. The molecule has 8 heteroatoms. The molecule has 0 amide bonds. The first-order valence-corrected chi connectivity index (χ1v) is 13.8. The third-order valence-corrected chi connectivity index (χ3v) is 10.4. The second-order valence-corrected chi connectivity index (χ2v) is 14.7. The lowest BCUT2D eigenvalue weighted by Crippen LogP contribution is -2.47. The molecule has 0 saturated carbocycles. The summed E-state index contributed by atoms with van der Waals surface area (Å²) in [6.07, 6.45) is 1.32. The zero-order valence-corrected chi connectivity index (χ0v) is 20.7. The summed E-state index contributed by atoms with van der Waals surface area (Å²) in [7, 11) is -2.08. The second kappa shape index (κ2) is 11.0. The molecule has 0 aromatic heterocycles. The van der Waals surface area contributed by atoms with Gasteiger partial charge in [0.25, 0.3) is 0 Å². The largest absolute Gasteiger partial charge is 0.466 e. The molecule has 174 valence electrons. The van der Waals surface area contributed by atoms with E-state index < -0.39 is 25.9 Å². The molecule has 1 heterocycles. The molecule has 1 saturated heterocycles. The fourth-order valence-electron chi connectivity index (χ4n) is 3.45. The van der Waals surface area contributed by atoms with Crippen LogP contribution in [0.1, 0.15) is 79.6 Å². The number of ketones is 2. The highest BCUT2D eigenvalue weighted by atomic mass is 28.4. The molecule has 7 nitrogen and oxygen atoms in total. The van der Waals surface area contributed by atoms with Crippen molar-refractivity contribution in [2.24, 2.45) is 0 Å². The van der Waals surface area contributed by atoms with Gasteiger partial charge < -0.3 is 19.0 Å². The van der Waals surface area contributed by atoms with Gasteiger partial charge in [0, 0.05) is 12.8 Å². The molecule has 1 aliphatic heterocycles. The molecule has 0 radical (unpaired) electrons. The number of hydrogen-bond acceptors (Lipinski definition) is 7. The molecular weight excluding hydrogens is 404 g/mol. The molecule has 0 bridgehead atoms. The first-order valence-electron chi connectivity index (χ1n) is 10.9. The Morgan fingerprint density at radius 2 is 1.90 bits per heavy atom. The number of rotatable bonds is 11. The van der Waals surface area contributed by atoms with Crippen molar-refractivity contribution in [3.05, 3.63) is 0 Å². The minimum atomic E-state index is -2.08. The summed E-state index contributed by atoms with van der Waals surface area (Å²) in [5.74, 6) is -2.55. The highest BCUT2D eigenvalue weighted by molar-refractivity contribution is 6.74. The molecule has 0 aromatic carbocycles. The average molecular weight is 445 g/mol. The van der Waals surface area contributed by atoms with Crippen molar-refractivity contribution in [1.82, 2.24) is 0 Å². The Hall–Kier alpha value is -1.09. The van der Waals surface area contributed by atoms with E-state index in [1.165, 1.54) is 0 Å². The molecule has 0 aliphatic carbocycles. The smallest absolute Gasteiger partial charge is 0.313 e. The predicted molar refractivity (Wildman–Crippen MR) is 117 cm³/mol. The Balaban J connectivity index is 2.78. The molecule has 1 unspecified atom stereocenters. The molecule has 3 atom stereocenters. The van der Waals surface area contributed by atoms with Crippen molar-refractivity contribution in [3.8, 4) is 0 Å². The highest BCUT2D eigenvalue weighted by Crippen LogP contribution is 2.39. The van der Waals surface area contributed by atoms with Gasteiger partial charge in [0.05, 0.1) is 25.2 Å². The van der Waals surface area contributed by atoms with E-state index in [-0.39, 0.29) is 42.5 Å². The first kappa shape index (κ1) is 26.9. The number of carbonyl (C=O) groups is 3. The third-order valence-electron chi connectivity index (χ3n) is 5.91. The summed E-state index contributed by atoms with van der Waals surface area (Å²) < 4.78 is 17.2. The summed E-state index contributed by atoms with van der Waals surface area (Å²) in [4.78, 5) is 35.5. The van der Waals surface area contributed by atoms with E-state index in [0.29, 0.717) is 25.7 Å². The van der Waals surface area contributed by atoms with Gasteiger partial charge in [-0.1, -0.05) is 20.8 Å². The number of carbonyl (C=O) groups excluding carboxylic acids is 3. The van der Waals surface area contributed by atoms with Gasteiger partial charge >= 0.3 is 5.97 Å². The minimum absolute atomic E-state index is 0.00964. The van der Waals surface area contributed by atoms with Crippen molar-refractivity contribution in [2.75, 3.05) is 6.61 Å². The van der Waals surface area contributed by atoms with Crippen LogP contribution in [-0.4, -0.2) is 55.6 Å². The van der Waals surface area contributed by atoms with Crippen LogP contribution in [0.5, 0.6) is 0 Å². The van der Waals surface area contributed by atoms with Crippen molar-refractivity contribution in [3.63, 3.8) is 0 Å². The van der Waals surface area contributed by atoms with Gasteiger partial charge in [-0.3, -0.25) is 14.4 Å². The molecule has 1 N–H and O–H groups in total. The molecule has 1 fully saturated rings. The third kappa shape index (κ3) is 8.96. The Bertz CT molecular complexity index is 611. The van der Waals surface area contributed by atoms with E-state index in [0.717, 1.165) is 6.42 Å². The summed E-state index contributed by atoms with van der Waals surface area (Å²) in [5.41, 5.74) is 0. The van der Waals surface area contributed by atoms with Gasteiger partial charge in [-0.25, -0.2) is 0 Å². The topological polar surface area (TPSA) is 99.1 Å². The van der Waals surface area contributed by atoms with Crippen LogP contribution >= 0.6 is 0 Å². The molecule has 0 spiro atoms. The highest BCUT2D eigenvalue weighted by Gasteiger charge is 2.42. The lowest BCUT2D eigenvalue weighted by Gasteiger charge is -2.42. The second-order valence-electron chi connectivity index (χ2n) is 9.92. The first-order chi connectivity index (χ1) is 13.7. The van der Waals surface area contributed by atoms with Gasteiger partial charge in [0.1, 0.15) is 18.0 Å². The van der Waals surface area contributed by atoms with Crippen LogP contribution in [0.15, 0.2) is 0 Å². The van der Waals surface area contributed by atoms with Crippen LogP contribution in [0.2, 0.25) is 18.1 Å².